The Hall–Kier alpha value is -0.240. The summed E-state index contributed by atoms with van der Waals surface area (Å²) in [6.45, 7) is -0.200. The second kappa shape index (κ2) is 29.5. The van der Waals surface area contributed by atoms with Crippen LogP contribution in [0.2, 0.25) is 0 Å². The number of hydrogen-bond donors (Lipinski definition) is 6. The first kappa shape index (κ1) is 44.8. The minimum Gasteiger partial charge on any atom is -0.396 e. The first-order valence-electron chi connectivity index (χ1n) is 20.7. The Morgan fingerprint density at radius 3 is 0.574 bits per heavy atom. The molecule has 6 nitrogen and oxygen atoms in total. The quantitative estimate of drug-likeness (QED) is 0.123. The van der Waals surface area contributed by atoms with Crippen molar-refractivity contribution in [2.24, 2.45) is 16.2 Å². The van der Waals surface area contributed by atoms with E-state index in [1.54, 1.807) is 0 Å². The number of aliphatic hydroxyl groups is 6. The lowest BCUT2D eigenvalue weighted by Crippen LogP contribution is -2.56. The van der Waals surface area contributed by atoms with Crippen LogP contribution in [0.4, 0.5) is 0 Å². The summed E-state index contributed by atoms with van der Waals surface area (Å²) in [6, 6.07) is 0. The van der Waals surface area contributed by atoms with Crippen LogP contribution in [0.3, 0.4) is 0 Å². The lowest BCUT2D eigenvalue weighted by atomic mass is 9.42. The lowest BCUT2D eigenvalue weighted by Gasteiger charge is -2.62. The maximum Gasteiger partial charge on any atom is 0.0436 e. The van der Waals surface area contributed by atoms with E-state index in [1.165, 1.54) is 128 Å². The van der Waals surface area contributed by atoms with Gasteiger partial charge in [-0.15, -0.1) is 0 Å². The maximum atomic E-state index is 10.6. The van der Waals surface area contributed by atoms with Gasteiger partial charge in [-0.2, -0.15) is 0 Å². The van der Waals surface area contributed by atoms with E-state index in [-0.39, 0.29) is 39.6 Å². The van der Waals surface area contributed by atoms with E-state index in [4.69, 9.17) is 0 Å². The van der Waals surface area contributed by atoms with Crippen molar-refractivity contribution in [3.8, 4) is 0 Å². The molecule has 1 aliphatic rings. The van der Waals surface area contributed by atoms with Gasteiger partial charge in [0.05, 0.1) is 0 Å². The minimum atomic E-state index is -0.623. The zero-order chi connectivity index (χ0) is 34.4. The fourth-order valence-electron chi connectivity index (χ4n) is 9.99. The molecule has 6 heteroatoms. The van der Waals surface area contributed by atoms with Gasteiger partial charge in [-0.3, -0.25) is 0 Å². The molecule has 0 amide bonds. The van der Waals surface area contributed by atoms with Crippen molar-refractivity contribution in [3.05, 3.63) is 0 Å². The number of hydrogen-bond acceptors (Lipinski definition) is 6. The van der Waals surface area contributed by atoms with Crippen LogP contribution >= 0.6 is 0 Å². The predicted molar refractivity (Wildman–Crippen MR) is 198 cm³/mol. The fourth-order valence-corrected chi connectivity index (χ4v) is 9.99. The molecule has 0 aliphatic heterocycles. The van der Waals surface area contributed by atoms with Crippen LogP contribution in [0.25, 0.3) is 0 Å². The van der Waals surface area contributed by atoms with Gasteiger partial charge < -0.3 is 30.6 Å². The van der Waals surface area contributed by atoms with Crippen molar-refractivity contribution in [1.29, 1.82) is 0 Å². The van der Waals surface area contributed by atoms with Crippen LogP contribution in [-0.4, -0.2) is 70.3 Å². The van der Waals surface area contributed by atoms with Crippen molar-refractivity contribution >= 4 is 0 Å². The molecule has 0 heterocycles. The van der Waals surface area contributed by atoms with Crippen LogP contribution in [0.1, 0.15) is 205 Å². The number of aliphatic hydroxyl groups excluding tert-OH is 6. The Morgan fingerprint density at radius 2 is 0.404 bits per heavy atom. The molecule has 0 unspecified atom stereocenters. The third-order valence-electron chi connectivity index (χ3n) is 12.5. The Balaban J connectivity index is 3.21. The molecule has 0 saturated heterocycles. The van der Waals surface area contributed by atoms with Crippen LogP contribution < -0.4 is 0 Å². The molecule has 0 bridgehead atoms. The van der Waals surface area contributed by atoms with Crippen molar-refractivity contribution in [2.45, 2.75) is 205 Å². The van der Waals surface area contributed by atoms with Crippen molar-refractivity contribution in [2.75, 3.05) is 39.6 Å². The van der Waals surface area contributed by atoms with Gasteiger partial charge in [0, 0.05) is 39.6 Å². The molecular formula is C41H82O6. The first-order chi connectivity index (χ1) is 23.1. The van der Waals surface area contributed by atoms with E-state index in [1.807, 2.05) is 0 Å². The van der Waals surface area contributed by atoms with Crippen LogP contribution in [-0.2, 0) is 0 Å². The smallest absolute Gasteiger partial charge is 0.0436 e. The molecule has 1 fully saturated rings. The summed E-state index contributed by atoms with van der Waals surface area (Å²) >= 11 is 0. The second-order valence-corrected chi connectivity index (χ2v) is 15.5. The molecule has 47 heavy (non-hydrogen) atoms. The zero-order valence-electron chi connectivity index (χ0n) is 31.1. The van der Waals surface area contributed by atoms with Gasteiger partial charge in [0.15, 0.2) is 0 Å². The van der Waals surface area contributed by atoms with Gasteiger partial charge in [0.1, 0.15) is 0 Å². The van der Waals surface area contributed by atoms with E-state index < -0.39 is 16.2 Å². The molecule has 0 atom stereocenters. The summed E-state index contributed by atoms with van der Waals surface area (Å²) in [5, 5.41) is 63.3. The highest BCUT2D eigenvalue weighted by Gasteiger charge is 2.59. The maximum absolute atomic E-state index is 10.6. The molecule has 282 valence electrons. The van der Waals surface area contributed by atoms with Crippen LogP contribution in [0.5, 0.6) is 0 Å². The second-order valence-electron chi connectivity index (χ2n) is 15.5. The van der Waals surface area contributed by atoms with E-state index >= 15 is 0 Å². The molecular weight excluding hydrogens is 588 g/mol. The highest BCUT2D eigenvalue weighted by atomic mass is 16.3. The fraction of sp³-hybridized carbons (Fsp3) is 1.00. The van der Waals surface area contributed by atoms with Crippen molar-refractivity contribution < 1.29 is 30.6 Å². The molecule has 0 radical (unpaired) electrons. The lowest BCUT2D eigenvalue weighted by molar-refractivity contribution is -0.159. The average molecular weight is 671 g/mol. The predicted octanol–water partition coefficient (Wildman–Crippen LogP) is 9.40. The largest absolute Gasteiger partial charge is 0.396 e. The monoisotopic (exact) mass is 671 g/mol. The van der Waals surface area contributed by atoms with Gasteiger partial charge in [-0.1, -0.05) is 154 Å². The van der Waals surface area contributed by atoms with E-state index in [2.05, 4.69) is 0 Å². The summed E-state index contributed by atoms with van der Waals surface area (Å²) in [4.78, 5) is 0. The molecule has 0 aromatic heterocycles. The SMILES string of the molecule is OCCC1(CCO)CCCCCCCCCCCCCCCCCCCCCCCCCCC(CCO)(CCO)C1(CCO)CCO. The zero-order valence-corrected chi connectivity index (χ0v) is 31.1. The summed E-state index contributed by atoms with van der Waals surface area (Å²) < 4.78 is 0. The van der Waals surface area contributed by atoms with Crippen molar-refractivity contribution in [1.82, 2.24) is 0 Å². The third-order valence-corrected chi connectivity index (χ3v) is 12.5. The van der Waals surface area contributed by atoms with E-state index in [9.17, 15) is 30.6 Å². The van der Waals surface area contributed by atoms with Gasteiger partial charge in [0.2, 0.25) is 0 Å². The molecule has 0 aromatic rings. The van der Waals surface area contributed by atoms with Gasteiger partial charge in [0.25, 0.3) is 0 Å². The number of rotatable bonds is 12. The molecule has 0 spiro atoms. The molecule has 1 saturated carbocycles. The van der Waals surface area contributed by atoms with Crippen LogP contribution in [0, 0.1) is 16.2 Å². The summed E-state index contributed by atoms with van der Waals surface area (Å²) in [7, 11) is 0. The summed E-state index contributed by atoms with van der Waals surface area (Å²) in [6.07, 6.45) is 35.3. The Bertz CT molecular complexity index is 602. The minimum absolute atomic E-state index is 0.0209. The highest BCUT2D eigenvalue weighted by molar-refractivity contribution is 5.08. The Kier molecular flexibility index (Phi) is 28.1. The normalized spacial score (nSPS) is 22.9. The highest BCUT2D eigenvalue weighted by Crippen LogP contribution is 2.65. The van der Waals surface area contributed by atoms with E-state index in [0.29, 0.717) is 38.5 Å². The van der Waals surface area contributed by atoms with E-state index in [0.717, 1.165) is 38.5 Å². The molecule has 1 rings (SSSR count). The average Bonchev–Trinajstić information content (AvgIpc) is 3.06. The summed E-state index contributed by atoms with van der Waals surface area (Å²) in [5.41, 5.74) is -1.64. The Morgan fingerprint density at radius 1 is 0.234 bits per heavy atom. The van der Waals surface area contributed by atoms with Gasteiger partial charge >= 0.3 is 0 Å². The van der Waals surface area contributed by atoms with Gasteiger partial charge in [-0.25, -0.2) is 0 Å². The first-order valence-corrected chi connectivity index (χ1v) is 20.7. The molecule has 6 N–H and O–H groups in total. The topological polar surface area (TPSA) is 121 Å². The molecule has 1 aliphatic carbocycles. The van der Waals surface area contributed by atoms with Crippen LogP contribution in [0.15, 0.2) is 0 Å². The molecule has 0 aromatic carbocycles. The Labute approximate surface area is 291 Å². The van der Waals surface area contributed by atoms with Crippen molar-refractivity contribution in [3.63, 3.8) is 0 Å². The van der Waals surface area contributed by atoms with Gasteiger partial charge in [-0.05, 0) is 67.6 Å². The third kappa shape index (κ3) is 16.6. The standard InChI is InChI=1S/C41H82O6/c42-33-27-39(28-34-43)25-23-21-19-17-15-13-11-9-7-5-3-1-2-4-6-8-10-12-14-16-18-20-22-24-26-40(29-35-44,30-36-45)41(39,31-37-46)32-38-47/h42-47H,1-38H2. The summed E-state index contributed by atoms with van der Waals surface area (Å²) in [5.74, 6) is 0.